The van der Waals surface area contributed by atoms with Crippen molar-refractivity contribution in [3.8, 4) is 0 Å². The maximum Gasteiger partial charge on any atom is 0.167 e. The molecule has 0 aliphatic carbocycles. The summed E-state index contributed by atoms with van der Waals surface area (Å²) in [5.74, 6) is 0.998. The highest BCUT2D eigenvalue weighted by atomic mass is 35.5. The third-order valence-electron chi connectivity index (χ3n) is 2.67. The Morgan fingerprint density at radius 1 is 1.33 bits per heavy atom. The van der Waals surface area contributed by atoms with Gasteiger partial charge in [-0.05, 0) is 11.8 Å². The Labute approximate surface area is 128 Å². The van der Waals surface area contributed by atoms with Crippen LogP contribution in [0.3, 0.4) is 0 Å². The number of nitrogens with zero attached hydrogens (tertiary/aromatic N) is 3. The van der Waals surface area contributed by atoms with E-state index < -0.39 is 0 Å². The Morgan fingerprint density at radius 3 is 3.00 bits per heavy atom. The van der Waals surface area contributed by atoms with Gasteiger partial charge in [0.25, 0.3) is 0 Å². The second kappa shape index (κ2) is 7.53. The number of aliphatic imine (C=N–C) groups is 2. The highest BCUT2D eigenvalue weighted by molar-refractivity contribution is 8.17. The molecule has 8 heteroatoms. The van der Waals surface area contributed by atoms with Crippen molar-refractivity contribution in [3.05, 3.63) is 11.1 Å². The van der Waals surface area contributed by atoms with Crippen LogP contribution in [-0.4, -0.2) is 47.2 Å². The predicted octanol–water partition coefficient (Wildman–Crippen LogP) is 2.17. The van der Waals surface area contributed by atoms with Crippen LogP contribution in [-0.2, 0) is 0 Å². The van der Waals surface area contributed by atoms with Gasteiger partial charge in [0.05, 0.1) is 6.54 Å². The van der Waals surface area contributed by atoms with Crippen LogP contribution in [0.5, 0.6) is 0 Å². The van der Waals surface area contributed by atoms with Gasteiger partial charge in [0, 0.05) is 31.1 Å². The van der Waals surface area contributed by atoms with Crippen LogP contribution in [0.25, 0.3) is 0 Å². The largest absolute Gasteiger partial charge is 0.363 e. The molecule has 0 amide bonds. The fraction of sp³-hybridized carbons (Fsp3) is 0.600. The van der Waals surface area contributed by atoms with Crippen LogP contribution < -0.4 is 5.32 Å². The molecule has 0 unspecified atom stereocenters. The minimum Gasteiger partial charge on any atom is -0.363 e. The normalized spacial score (nSPS) is 20.9. The molecule has 4 nitrogen and oxygen atoms in total. The Morgan fingerprint density at radius 2 is 2.22 bits per heavy atom. The quantitative estimate of drug-likeness (QED) is 0.844. The first-order chi connectivity index (χ1) is 7.93. The molecule has 3 rings (SSSR count). The molecule has 0 spiro atoms. The summed E-state index contributed by atoms with van der Waals surface area (Å²) in [4.78, 5) is 11.3. The van der Waals surface area contributed by atoms with Crippen LogP contribution in [0.15, 0.2) is 21.1 Å². The van der Waals surface area contributed by atoms with Crippen molar-refractivity contribution in [1.82, 2.24) is 10.2 Å². The molecule has 18 heavy (non-hydrogen) atoms. The summed E-state index contributed by atoms with van der Waals surface area (Å²) in [5.41, 5.74) is 1.38. The second-order valence-electron chi connectivity index (χ2n) is 3.80. The van der Waals surface area contributed by atoms with E-state index in [1.54, 1.807) is 23.5 Å². The molecule has 0 aromatic carbocycles. The topological polar surface area (TPSA) is 40.0 Å². The van der Waals surface area contributed by atoms with Crippen LogP contribution in [0, 0.1) is 0 Å². The van der Waals surface area contributed by atoms with Gasteiger partial charge < -0.3 is 10.2 Å². The molecule has 0 aromatic heterocycles. The lowest BCUT2D eigenvalue weighted by Gasteiger charge is -2.25. The molecule has 1 N–H and O–H groups in total. The first-order valence-electron chi connectivity index (χ1n) is 5.52. The highest BCUT2D eigenvalue weighted by Gasteiger charge is 2.24. The molecular weight excluding hydrogens is 311 g/mol. The highest BCUT2D eigenvalue weighted by Crippen LogP contribution is 2.30. The van der Waals surface area contributed by atoms with Crippen molar-refractivity contribution in [1.29, 1.82) is 0 Å². The molecule has 0 aromatic rings. The molecule has 0 saturated heterocycles. The van der Waals surface area contributed by atoms with Gasteiger partial charge in [-0.3, -0.25) is 9.98 Å². The third-order valence-corrected chi connectivity index (χ3v) is 4.60. The first kappa shape index (κ1) is 16.0. The van der Waals surface area contributed by atoms with E-state index in [0.29, 0.717) is 0 Å². The van der Waals surface area contributed by atoms with Crippen LogP contribution in [0.4, 0.5) is 0 Å². The van der Waals surface area contributed by atoms with Gasteiger partial charge in [-0.1, -0.05) is 23.5 Å². The number of amidine groups is 2. The van der Waals surface area contributed by atoms with Crippen LogP contribution in [0.2, 0.25) is 0 Å². The van der Waals surface area contributed by atoms with Gasteiger partial charge in [0.1, 0.15) is 0 Å². The zero-order chi connectivity index (χ0) is 10.8. The third kappa shape index (κ3) is 3.50. The van der Waals surface area contributed by atoms with E-state index in [0.717, 1.165) is 37.1 Å². The fourth-order valence-corrected chi connectivity index (χ4v) is 3.83. The lowest BCUT2D eigenvalue weighted by Crippen LogP contribution is -2.30. The van der Waals surface area contributed by atoms with Crippen LogP contribution in [0.1, 0.15) is 6.42 Å². The average molecular weight is 327 g/mol. The number of nitrogens with one attached hydrogen (secondary N) is 1. The number of rotatable bonds is 2. The summed E-state index contributed by atoms with van der Waals surface area (Å²) in [6.45, 7) is 4.03. The van der Waals surface area contributed by atoms with Gasteiger partial charge in [0.15, 0.2) is 10.3 Å². The number of hydrogen-bond donors (Lipinski definition) is 1. The first-order valence-corrected chi connectivity index (χ1v) is 7.39. The van der Waals surface area contributed by atoms with Gasteiger partial charge in [-0.25, -0.2) is 0 Å². The smallest absolute Gasteiger partial charge is 0.167 e. The molecule has 3 heterocycles. The van der Waals surface area contributed by atoms with Crippen molar-refractivity contribution >= 4 is 58.7 Å². The Kier molecular flexibility index (Phi) is 6.70. The molecule has 0 saturated carbocycles. The maximum atomic E-state index is 4.52. The monoisotopic (exact) mass is 326 g/mol. The fourth-order valence-electron chi connectivity index (χ4n) is 1.86. The summed E-state index contributed by atoms with van der Waals surface area (Å²) in [6.07, 6.45) is 1.17. The lowest BCUT2D eigenvalue weighted by atomic mass is 10.3. The predicted molar refractivity (Wildman–Crippen MR) is 86.6 cm³/mol. The van der Waals surface area contributed by atoms with E-state index in [4.69, 9.17) is 0 Å². The minimum atomic E-state index is 0. The molecule has 0 bridgehead atoms. The average Bonchev–Trinajstić information content (AvgIpc) is 2.96. The van der Waals surface area contributed by atoms with Crippen molar-refractivity contribution < 1.29 is 0 Å². The number of thioether (sulfide) groups is 2. The summed E-state index contributed by atoms with van der Waals surface area (Å²) < 4.78 is 0. The molecule has 3 aliphatic rings. The van der Waals surface area contributed by atoms with E-state index in [9.17, 15) is 0 Å². The summed E-state index contributed by atoms with van der Waals surface area (Å²) in [7, 11) is 0. The summed E-state index contributed by atoms with van der Waals surface area (Å²) in [5, 5.41) is 7.79. The van der Waals surface area contributed by atoms with E-state index in [2.05, 4.69) is 25.6 Å². The Hall–Kier alpha value is -0.0400. The molecule has 0 fully saturated rings. The van der Waals surface area contributed by atoms with Crippen molar-refractivity contribution in [2.45, 2.75) is 6.42 Å². The van der Waals surface area contributed by atoms with E-state index in [1.807, 2.05) is 0 Å². The Balaban J connectivity index is 0.000000810. The number of hydrogen-bond acceptors (Lipinski definition) is 6. The van der Waals surface area contributed by atoms with E-state index >= 15 is 0 Å². The van der Waals surface area contributed by atoms with Crippen molar-refractivity contribution in [2.24, 2.45) is 9.98 Å². The van der Waals surface area contributed by atoms with Gasteiger partial charge >= 0.3 is 0 Å². The summed E-state index contributed by atoms with van der Waals surface area (Å²) in [6, 6.07) is 0. The van der Waals surface area contributed by atoms with Crippen molar-refractivity contribution in [3.63, 3.8) is 0 Å². The van der Waals surface area contributed by atoms with Gasteiger partial charge in [-0.2, -0.15) is 0 Å². The van der Waals surface area contributed by atoms with E-state index in [-0.39, 0.29) is 24.8 Å². The molecule has 102 valence electrons. The summed E-state index contributed by atoms with van der Waals surface area (Å²) >= 11 is 3.55. The SMILES string of the molecule is C1=C(CSC2=NCCN2)N2CCCN=C2S1.Cl.Cl. The Bertz CT molecular complexity index is 384. The van der Waals surface area contributed by atoms with Gasteiger partial charge in [0.2, 0.25) is 0 Å². The maximum absolute atomic E-state index is 4.52. The zero-order valence-corrected chi connectivity index (χ0v) is 13.1. The van der Waals surface area contributed by atoms with Crippen LogP contribution >= 0.6 is 48.3 Å². The standard InChI is InChI=1S/C10H14N4S2.2ClH/c1-2-13-10-14(5-1)8(7-16-10)6-15-9-11-3-4-12-9;;/h7H,1-6H2,(H,11,12);2*1H. The zero-order valence-electron chi connectivity index (χ0n) is 9.79. The van der Waals surface area contributed by atoms with E-state index in [1.165, 1.54) is 17.3 Å². The molecule has 0 radical (unpaired) electrons. The minimum absolute atomic E-state index is 0. The lowest BCUT2D eigenvalue weighted by molar-refractivity contribution is 0.491. The van der Waals surface area contributed by atoms with Crippen molar-refractivity contribution in [2.75, 3.05) is 31.9 Å². The number of halogens is 2. The molecule has 3 aliphatic heterocycles. The molecule has 0 atom stereocenters. The van der Waals surface area contributed by atoms with Gasteiger partial charge in [-0.15, -0.1) is 24.8 Å². The molecular formula is C10H16Cl2N4S2. The number of fused-ring (bicyclic) bond motifs is 1. The second-order valence-corrected chi connectivity index (χ2v) is 5.60.